The highest BCUT2D eigenvalue weighted by molar-refractivity contribution is 7.90. The smallest absolute Gasteiger partial charge is 0.239 e. The van der Waals surface area contributed by atoms with Gasteiger partial charge >= 0.3 is 0 Å². The Labute approximate surface area is 152 Å². The molecular weight excluding hydrogens is 376 g/mol. The molecule has 1 heterocycles. The largest absolute Gasteiger partial charge is 0.366 e. The van der Waals surface area contributed by atoms with Crippen LogP contribution in [0.5, 0.6) is 0 Å². The zero-order valence-electron chi connectivity index (χ0n) is 13.8. The summed E-state index contributed by atoms with van der Waals surface area (Å²) < 4.78 is 49.3. The van der Waals surface area contributed by atoms with Gasteiger partial charge in [0.05, 0.1) is 17.5 Å². The second kappa shape index (κ2) is 8.77. The van der Waals surface area contributed by atoms with E-state index < -0.39 is 27.5 Å². The molecule has 10 heteroatoms. The molecule has 0 radical (unpaired) electrons. The SMILES string of the molecule is CS(=O)(=O)CCC(N)C(=O)N1CCN(c2cc(F)ccc2F)CC1.Cl. The van der Waals surface area contributed by atoms with E-state index >= 15 is 0 Å². The van der Waals surface area contributed by atoms with E-state index in [1.807, 2.05) is 0 Å². The molecule has 1 aromatic rings. The van der Waals surface area contributed by atoms with Gasteiger partial charge in [0.15, 0.2) is 0 Å². The molecule has 1 aromatic carbocycles. The number of piperazine rings is 1. The van der Waals surface area contributed by atoms with E-state index in [1.165, 1.54) is 4.90 Å². The van der Waals surface area contributed by atoms with Crippen LogP contribution in [-0.2, 0) is 14.6 Å². The fraction of sp³-hybridized carbons (Fsp3) is 0.533. The first kappa shape index (κ1) is 21.6. The maximum atomic E-state index is 13.8. The first-order valence-corrected chi connectivity index (χ1v) is 9.65. The topological polar surface area (TPSA) is 83.7 Å². The second-order valence-electron chi connectivity index (χ2n) is 5.93. The van der Waals surface area contributed by atoms with Gasteiger partial charge in [-0.2, -0.15) is 0 Å². The van der Waals surface area contributed by atoms with Crippen LogP contribution in [0.4, 0.5) is 14.5 Å². The lowest BCUT2D eigenvalue weighted by Crippen LogP contribution is -2.53. The summed E-state index contributed by atoms with van der Waals surface area (Å²) >= 11 is 0. The zero-order chi connectivity index (χ0) is 17.9. The lowest BCUT2D eigenvalue weighted by atomic mass is 10.1. The molecule has 142 valence electrons. The summed E-state index contributed by atoms with van der Waals surface area (Å²) in [4.78, 5) is 15.4. The molecule has 0 bridgehead atoms. The Morgan fingerprint density at radius 2 is 1.84 bits per heavy atom. The molecule has 1 saturated heterocycles. The molecule has 1 aliphatic rings. The van der Waals surface area contributed by atoms with Gasteiger partial charge in [0.1, 0.15) is 21.5 Å². The minimum atomic E-state index is -3.17. The summed E-state index contributed by atoms with van der Waals surface area (Å²) in [6.07, 6.45) is 1.16. The average Bonchev–Trinajstić information content (AvgIpc) is 2.53. The van der Waals surface area contributed by atoms with Gasteiger partial charge in [-0.15, -0.1) is 12.4 Å². The van der Waals surface area contributed by atoms with Crippen molar-refractivity contribution in [1.29, 1.82) is 0 Å². The van der Waals surface area contributed by atoms with E-state index in [9.17, 15) is 22.0 Å². The van der Waals surface area contributed by atoms with Gasteiger partial charge in [0.25, 0.3) is 0 Å². The number of nitrogens with two attached hydrogens (primary N) is 1. The maximum Gasteiger partial charge on any atom is 0.239 e. The van der Waals surface area contributed by atoms with Crippen molar-refractivity contribution in [2.24, 2.45) is 5.73 Å². The molecule has 25 heavy (non-hydrogen) atoms. The molecule has 0 spiro atoms. The lowest BCUT2D eigenvalue weighted by Gasteiger charge is -2.37. The van der Waals surface area contributed by atoms with Crippen molar-refractivity contribution >= 4 is 33.8 Å². The third kappa shape index (κ3) is 6.09. The Morgan fingerprint density at radius 1 is 1.24 bits per heavy atom. The third-order valence-electron chi connectivity index (χ3n) is 3.96. The summed E-state index contributed by atoms with van der Waals surface area (Å²) in [5.74, 6) is -1.50. The number of sulfone groups is 1. The Balaban J connectivity index is 0.00000312. The van der Waals surface area contributed by atoms with E-state index in [4.69, 9.17) is 5.73 Å². The number of anilines is 1. The van der Waals surface area contributed by atoms with Crippen LogP contribution < -0.4 is 10.6 Å². The van der Waals surface area contributed by atoms with Crippen LogP contribution >= 0.6 is 12.4 Å². The number of amides is 1. The third-order valence-corrected chi connectivity index (χ3v) is 4.93. The van der Waals surface area contributed by atoms with Gasteiger partial charge in [-0.3, -0.25) is 4.79 Å². The highest BCUT2D eigenvalue weighted by Crippen LogP contribution is 2.22. The minimum Gasteiger partial charge on any atom is -0.366 e. The maximum absolute atomic E-state index is 13.8. The number of hydrogen-bond donors (Lipinski definition) is 1. The molecule has 1 atom stereocenters. The molecule has 1 aliphatic heterocycles. The number of benzene rings is 1. The van der Waals surface area contributed by atoms with E-state index in [-0.39, 0.29) is 36.2 Å². The molecule has 0 saturated carbocycles. The van der Waals surface area contributed by atoms with Gasteiger partial charge in [-0.25, -0.2) is 17.2 Å². The van der Waals surface area contributed by atoms with E-state index in [1.54, 1.807) is 4.90 Å². The Kier molecular flexibility index (Phi) is 7.58. The standard InChI is InChI=1S/C15H21F2N3O3S.ClH/c1-24(22,23)9-4-13(18)15(21)20-7-5-19(6-8-20)14-10-11(16)2-3-12(14)17;/h2-3,10,13H,4-9,18H2,1H3;1H. The number of hydrogen-bond acceptors (Lipinski definition) is 5. The van der Waals surface area contributed by atoms with Gasteiger partial charge < -0.3 is 15.5 Å². The van der Waals surface area contributed by atoms with Crippen molar-refractivity contribution in [2.45, 2.75) is 12.5 Å². The van der Waals surface area contributed by atoms with Crippen LogP contribution in [0, 0.1) is 11.6 Å². The molecule has 1 unspecified atom stereocenters. The van der Waals surface area contributed by atoms with Crippen LogP contribution in [0.2, 0.25) is 0 Å². The predicted molar refractivity (Wildman–Crippen MR) is 94.7 cm³/mol. The van der Waals surface area contributed by atoms with Crippen molar-refractivity contribution in [3.63, 3.8) is 0 Å². The van der Waals surface area contributed by atoms with Crippen LogP contribution in [0.25, 0.3) is 0 Å². The number of nitrogens with zero attached hydrogens (tertiary/aromatic N) is 2. The molecule has 0 aromatic heterocycles. The molecule has 1 amide bonds. The summed E-state index contributed by atoms with van der Waals surface area (Å²) in [5, 5.41) is 0. The number of carbonyl (C=O) groups is 1. The Hall–Kier alpha value is -1.45. The van der Waals surface area contributed by atoms with Crippen LogP contribution in [0.1, 0.15) is 6.42 Å². The molecule has 2 rings (SSSR count). The molecule has 1 fully saturated rings. The van der Waals surface area contributed by atoms with Gasteiger partial charge in [-0.1, -0.05) is 0 Å². The van der Waals surface area contributed by atoms with Crippen LogP contribution in [-0.4, -0.2) is 63.5 Å². The first-order chi connectivity index (χ1) is 11.2. The summed E-state index contributed by atoms with van der Waals surface area (Å²) in [7, 11) is -3.17. The van der Waals surface area contributed by atoms with Crippen molar-refractivity contribution in [2.75, 3.05) is 43.1 Å². The second-order valence-corrected chi connectivity index (χ2v) is 8.19. The zero-order valence-corrected chi connectivity index (χ0v) is 15.5. The van der Waals surface area contributed by atoms with Crippen LogP contribution in [0.3, 0.4) is 0 Å². The summed E-state index contributed by atoms with van der Waals surface area (Å²) in [6, 6.07) is 2.38. The van der Waals surface area contributed by atoms with Crippen LogP contribution in [0.15, 0.2) is 18.2 Å². The van der Waals surface area contributed by atoms with Crippen molar-refractivity contribution < 1.29 is 22.0 Å². The number of rotatable bonds is 5. The Morgan fingerprint density at radius 3 is 2.40 bits per heavy atom. The lowest BCUT2D eigenvalue weighted by molar-refractivity contribution is -0.132. The fourth-order valence-corrected chi connectivity index (χ4v) is 3.28. The van der Waals surface area contributed by atoms with Gasteiger partial charge in [0, 0.05) is 38.5 Å². The van der Waals surface area contributed by atoms with E-state index in [0.29, 0.717) is 26.2 Å². The molecule has 2 N–H and O–H groups in total. The first-order valence-electron chi connectivity index (χ1n) is 7.59. The highest BCUT2D eigenvalue weighted by Gasteiger charge is 2.26. The highest BCUT2D eigenvalue weighted by atomic mass is 35.5. The number of carbonyl (C=O) groups excluding carboxylic acids is 1. The summed E-state index contributed by atoms with van der Waals surface area (Å²) in [5.41, 5.74) is 5.94. The monoisotopic (exact) mass is 397 g/mol. The summed E-state index contributed by atoms with van der Waals surface area (Å²) in [6.45, 7) is 1.35. The fourth-order valence-electron chi connectivity index (χ4n) is 2.59. The molecule has 6 nitrogen and oxygen atoms in total. The number of halogens is 3. The normalized spacial score (nSPS) is 16.3. The Bertz CT molecular complexity index is 710. The van der Waals surface area contributed by atoms with Crippen molar-refractivity contribution in [1.82, 2.24) is 4.90 Å². The van der Waals surface area contributed by atoms with Gasteiger partial charge in [-0.05, 0) is 18.6 Å². The van der Waals surface area contributed by atoms with E-state index in [2.05, 4.69) is 0 Å². The quantitative estimate of drug-likeness (QED) is 0.794. The molecular formula is C15H22ClF2N3O3S. The minimum absolute atomic E-state index is 0. The predicted octanol–water partition coefficient (Wildman–Crippen LogP) is 0.797. The van der Waals surface area contributed by atoms with E-state index in [0.717, 1.165) is 24.5 Å². The average molecular weight is 398 g/mol. The van der Waals surface area contributed by atoms with Crippen molar-refractivity contribution in [3.05, 3.63) is 29.8 Å². The van der Waals surface area contributed by atoms with Gasteiger partial charge in [0.2, 0.25) is 5.91 Å². The molecule has 0 aliphatic carbocycles. The van der Waals surface area contributed by atoms with Crippen molar-refractivity contribution in [3.8, 4) is 0 Å².